The fourth-order valence-electron chi connectivity index (χ4n) is 2.04. The summed E-state index contributed by atoms with van der Waals surface area (Å²) >= 11 is 0. The number of carboxylic acids is 1. The van der Waals surface area contributed by atoms with Gasteiger partial charge in [-0.25, -0.2) is 9.78 Å². The van der Waals surface area contributed by atoms with Crippen molar-refractivity contribution in [1.29, 1.82) is 0 Å². The first kappa shape index (κ1) is 13.0. The van der Waals surface area contributed by atoms with E-state index in [0.717, 1.165) is 11.1 Å². The lowest BCUT2D eigenvalue weighted by Gasteiger charge is -2.09. The molecular formula is C14H12N4O3. The van der Waals surface area contributed by atoms with Crippen LogP contribution in [-0.2, 0) is 6.42 Å². The molecule has 2 heterocycles. The van der Waals surface area contributed by atoms with Crippen LogP contribution in [0.3, 0.4) is 0 Å². The molecule has 0 amide bonds. The number of benzene rings is 1. The van der Waals surface area contributed by atoms with Gasteiger partial charge in [0.1, 0.15) is 0 Å². The number of nitrogens with zero attached hydrogens (tertiary/aromatic N) is 3. The molecule has 0 aliphatic carbocycles. The Morgan fingerprint density at radius 1 is 1.33 bits per heavy atom. The number of carboxylic acid groups (broad SMARTS) is 1. The van der Waals surface area contributed by atoms with E-state index in [4.69, 9.17) is 5.11 Å². The minimum Gasteiger partial charge on any atom is -0.477 e. The molecule has 2 aromatic heterocycles. The van der Waals surface area contributed by atoms with Gasteiger partial charge in [-0.15, -0.1) is 0 Å². The molecule has 0 unspecified atom stereocenters. The highest BCUT2D eigenvalue weighted by Gasteiger charge is 2.10. The third-order valence-electron chi connectivity index (χ3n) is 3.01. The van der Waals surface area contributed by atoms with E-state index < -0.39 is 5.97 Å². The molecule has 21 heavy (non-hydrogen) atoms. The third-order valence-corrected chi connectivity index (χ3v) is 3.01. The molecular weight excluding hydrogens is 272 g/mol. The largest absolute Gasteiger partial charge is 0.477 e. The van der Waals surface area contributed by atoms with E-state index in [1.54, 1.807) is 6.07 Å². The predicted octanol–water partition coefficient (Wildman–Crippen LogP) is 1.97. The Morgan fingerprint density at radius 3 is 2.95 bits per heavy atom. The van der Waals surface area contributed by atoms with Crippen molar-refractivity contribution < 1.29 is 14.4 Å². The van der Waals surface area contributed by atoms with Crippen LogP contribution >= 0.6 is 0 Å². The second-order valence-electron chi connectivity index (χ2n) is 4.40. The Morgan fingerprint density at radius 2 is 2.19 bits per heavy atom. The van der Waals surface area contributed by atoms with E-state index in [2.05, 4.69) is 25.0 Å². The summed E-state index contributed by atoms with van der Waals surface area (Å²) in [6, 6.07) is 8.91. The summed E-state index contributed by atoms with van der Waals surface area (Å²) in [5.74, 6) is -0.457. The fourth-order valence-corrected chi connectivity index (χ4v) is 2.04. The van der Waals surface area contributed by atoms with Crippen LogP contribution in [0.5, 0.6) is 0 Å². The van der Waals surface area contributed by atoms with E-state index in [0.29, 0.717) is 24.3 Å². The summed E-state index contributed by atoms with van der Waals surface area (Å²) in [4.78, 5) is 19.2. The maximum absolute atomic E-state index is 11.1. The van der Waals surface area contributed by atoms with Gasteiger partial charge in [-0.1, -0.05) is 23.4 Å². The van der Waals surface area contributed by atoms with Crippen molar-refractivity contribution in [3.8, 4) is 0 Å². The summed E-state index contributed by atoms with van der Waals surface area (Å²) in [5, 5.41) is 16.9. The number of pyridine rings is 1. The zero-order chi connectivity index (χ0) is 14.7. The normalized spacial score (nSPS) is 10.7. The highest BCUT2D eigenvalue weighted by molar-refractivity contribution is 5.97. The molecule has 106 valence electrons. The van der Waals surface area contributed by atoms with Crippen molar-refractivity contribution in [2.45, 2.75) is 6.42 Å². The van der Waals surface area contributed by atoms with E-state index in [1.165, 1.54) is 12.5 Å². The molecule has 1 aromatic carbocycles. The molecule has 0 bridgehead atoms. The second kappa shape index (κ2) is 5.58. The zero-order valence-corrected chi connectivity index (χ0v) is 11.0. The lowest BCUT2D eigenvalue weighted by atomic mass is 10.1. The number of aromatic carboxylic acids is 1. The van der Waals surface area contributed by atoms with Crippen LogP contribution in [-0.4, -0.2) is 32.7 Å². The molecule has 0 atom stereocenters. The Bertz CT molecular complexity index is 771. The molecule has 0 fully saturated rings. The van der Waals surface area contributed by atoms with Crippen LogP contribution in [0, 0.1) is 0 Å². The molecule has 3 aromatic rings. The number of aromatic nitrogens is 3. The quantitative estimate of drug-likeness (QED) is 0.738. The van der Waals surface area contributed by atoms with E-state index in [1.807, 2.05) is 18.2 Å². The van der Waals surface area contributed by atoms with Crippen molar-refractivity contribution in [1.82, 2.24) is 15.1 Å². The molecule has 2 N–H and O–H groups in total. The van der Waals surface area contributed by atoms with Crippen LogP contribution in [0.25, 0.3) is 10.9 Å². The van der Waals surface area contributed by atoms with Crippen LogP contribution in [0.4, 0.5) is 5.69 Å². The maximum Gasteiger partial charge on any atom is 0.354 e. The van der Waals surface area contributed by atoms with Crippen LogP contribution in [0.15, 0.2) is 41.2 Å². The molecule has 7 heteroatoms. The smallest absolute Gasteiger partial charge is 0.354 e. The number of fused-ring (bicyclic) bond motifs is 1. The SMILES string of the molecule is O=C(O)c1cc(NCCc2ncon2)c2ccccc2n1. The van der Waals surface area contributed by atoms with Gasteiger partial charge in [0.15, 0.2) is 11.5 Å². The number of hydrogen-bond acceptors (Lipinski definition) is 6. The zero-order valence-electron chi connectivity index (χ0n) is 11.0. The number of rotatable bonds is 5. The van der Waals surface area contributed by atoms with Crippen LogP contribution < -0.4 is 5.32 Å². The molecule has 0 saturated carbocycles. The second-order valence-corrected chi connectivity index (χ2v) is 4.40. The lowest BCUT2D eigenvalue weighted by molar-refractivity contribution is 0.0691. The highest BCUT2D eigenvalue weighted by Crippen LogP contribution is 2.23. The van der Waals surface area contributed by atoms with E-state index in [-0.39, 0.29) is 5.69 Å². The van der Waals surface area contributed by atoms with Crippen LogP contribution in [0.1, 0.15) is 16.3 Å². The predicted molar refractivity (Wildman–Crippen MR) is 75.2 cm³/mol. The molecule has 0 radical (unpaired) electrons. The summed E-state index contributed by atoms with van der Waals surface area (Å²) in [6.45, 7) is 0.562. The minimum absolute atomic E-state index is 0.00996. The van der Waals surface area contributed by atoms with Gasteiger partial charge in [-0.05, 0) is 12.1 Å². The van der Waals surface area contributed by atoms with Gasteiger partial charge in [0, 0.05) is 24.0 Å². The Hall–Kier alpha value is -2.96. The molecule has 0 aliphatic rings. The molecule has 0 spiro atoms. The van der Waals surface area contributed by atoms with E-state index >= 15 is 0 Å². The first-order chi connectivity index (χ1) is 10.2. The Kier molecular flexibility index (Phi) is 3.46. The van der Waals surface area contributed by atoms with Gasteiger partial charge in [0.25, 0.3) is 0 Å². The number of nitrogens with one attached hydrogen (secondary N) is 1. The summed E-state index contributed by atoms with van der Waals surface area (Å²) in [6.07, 6.45) is 1.86. The average molecular weight is 284 g/mol. The lowest BCUT2D eigenvalue weighted by Crippen LogP contribution is -2.08. The van der Waals surface area contributed by atoms with Gasteiger partial charge >= 0.3 is 5.97 Å². The van der Waals surface area contributed by atoms with Crippen molar-refractivity contribution in [2.75, 3.05) is 11.9 Å². The first-order valence-corrected chi connectivity index (χ1v) is 6.36. The van der Waals surface area contributed by atoms with Gasteiger partial charge in [0.05, 0.1) is 5.52 Å². The van der Waals surface area contributed by atoms with Gasteiger partial charge in [-0.2, -0.15) is 4.98 Å². The van der Waals surface area contributed by atoms with Crippen molar-refractivity contribution in [2.24, 2.45) is 0 Å². The summed E-state index contributed by atoms with van der Waals surface area (Å²) < 4.78 is 4.66. The van der Waals surface area contributed by atoms with E-state index in [9.17, 15) is 4.79 Å². The standard InChI is InChI=1S/C14H12N4O3/c19-14(20)12-7-11(9-3-1-2-4-10(9)17-12)15-6-5-13-16-8-21-18-13/h1-4,7-8H,5-6H2,(H,15,17)(H,19,20). The molecule has 0 saturated heterocycles. The summed E-state index contributed by atoms with van der Waals surface area (Å²) in [7, 11) is 0. The summed E-state index contributed by atoms with van der Waals surface area (Å²) in [5.41, 5.74) is 1.37. The minimum atomic E-state index is -1.05. The number of para-hydroxylation sites is 1. The number of hydrogen-bond donors (Lipinski definition) is 2. The molecule has 0 aliphatic heterocycles. The molecule has 3 rings (SSSR count). The monoisotopic (exact) mass is 284 g/mol. The van der Waals surface area contributed by atoms with Crippen molar-refractivity contribution >= 4 is 22.6 Å². The number of anilines is 1. The third kappa shape index (κ3) is 2.81. The van der Waals surface area contributed by atoms with Gasteiger partial charge in [0.2, 0.25) is 6.39 Å². The Labute approximate surface area is 119 Å². The number of carbonyl (C=O) groups is 1. The van der Waals surface area contributed by atoms with Crippen LogP contribution in [0.2, 0.25) is 0 Å². The van der Waals surface area contributed by atoms with Gasteiger partial charge < -0.3 is 14.9 Å². The molecule has 7 nitrogen and oxygen atoms in total. The highest BCUT2D eigenvalue weighted by atomic mass is 16.5. The average Bonchev–Trinajstić information content (AvgIpc) is 3.00. The van der Waals surface area contributed by atoms with Gasteiger partial charge in [-0.3, -0.25) is 0 Å². The topological polar surface area (TPSA) is 101 Å². The maximum atomic E-state index is 11.1. The van der Waals surface area contributed by atoms with Crippen molar-refractivity contribution in [3.63, 3.8) is 0 Å². The van der Waals surface area contributed by atoms with Crippen molar-refractivity contribution in [3.05, 3.63) is 48.2 Å². The Balaban J connectivity index is 1.87. The fraction of sp³-hybridized carbons (Fsp3) is 0.143. The first-order valence-electron chi connectivity index (χ1n) is 6.36.